The molecule has 1 unspecified atom stereocenters. The molecule has 2 rings (SSSR count). The summed E-state index contributed by atoms with van der Waals surface area (Å²) in [6, 6.07) is 0. The molecule has 11 heteroatoms. The molecule has 0 aliphatic carbocycles. The van der Waals surface area contributed by atoms with Gasteiger partial charge in [-0.05, 0) is 137 Å². The minimum atomic E-state index is -1.79. The molecule has 7 nitrogen and oxygen atoms in total. The number of hydrogen-bond donors (Lipinski definition) is 0. The van der Waals surface area contributed by atoms with E-state index in [9.17, 15) is 4.79 Å². The summed E-state index contributed by atoms with van der Waals surface area (Å²) in [4.78, 5) is 12.4. The van der Waals surface area contributed by atoms with Crippen LogP contribution in [0.5, 0.6) is 0 Å². The Labute approximate surface area is 364 Å². The molecule has 0 spiro atoms. The van der Waals surface area contributed by atoms with Crippen LogP contribution in [0.1, 0.15) is 162 Å². The molecular formula is C47H96O7Si4. The van der Waals surface area contributed by atoms with Gasteiger partial charge in [-0.2, -0.15) is 0 Å². The topological polar surface area (TPSA) is 72.5 Å². The number of unbranched alkanes of at least 4 members (excludes halogenated alkanes) is 13. The van der Waals surface area contributed by atoms with Crippen LogP contribution in [0.25, 0.3) is 0 Å². The summed E-state index contributed by atoms with van der Waals surface area (Å²) in [6.45, 7) is 31.8. The molecule has 0 N–H and O–H groups in total. The highest BCUT2D eigenvalue weighted by atomic mass is 28.4. The van der Waals surface area contributed by atoms with Gasteiger partial charge in [0.1, 0.15) is 6.10 Å². The number of cyclic esters (lactones) is 1. The van der Waals surface area contributed by atoms with Gasteiger partial charge in [-0.1, -0.05) is 103 Å². The Bertz CT molecular complexity index is 1140. The Hall–Kier alpha value is -0.122. The first-order valence-corrected chi connectivity index (χ1v) is 38.0. The lowest BCUT2D eigenvalue weighted by molar-refractivity contribution is -0.139. The minimum Gasteiger partial charge on any atom is -0.455 e. The lowest BCUT2D eigenvalue weighted by Gasteiger charge is -2.33. The van der Waals surface area contributed by atoms with Gasteiger partial charge in [0.15, 0.2) is 33.3 Å². The Morgan fingerprint density at radius 1 is 0.534 bits per heavy atom. The molecular weight excluding hydrogens is 789 g/mol. The van der Waals surface area contributed by atoms with Gasteiger partial charge in [0.05, 0.1) is 24.4 Å². The predicted octanol–water partition coefficient (Wildman–Crippen LogP) is 14.5. The maximum Gasteiger partial charge on any atom is 0.334 e. The van der Waals surface area contributed by atoms with Crippen LogP contribution in [0.15, 0.2) is 11.6 Å². The molecule has 2 aliphatic heterocycles. The van der Waals surface area contributed by atoms with E-state index in [0.717, 1.165) is 50.5 Å². The van der Waals surface area contributed by atoms with E-state index in [1.54, 1.807) is 0 Å². The molecule has 58 heavy (non-hydrogen) atoms. The van der Waals surface area contributed by atoms with E-state index in [1.807, 2.05) is 13.0 Å². The van der Waals surface area contributed by atoms with Crippen molar-refractivity contribution in [2.45, 2.75) is 283 Å². The van der Waals surface area contributed by atoms with Crippen molar-refractivity contribution < 1.29 is 32.0 Å². The number of carbonyl (C=O) groups is 1. The van der Waals surface area contributed by atoms with E-state index in [1.165, 1.54) is 96.3 Å². The Morgan fingerprint density at radius 3 is 1.31 bits per heavy atom. The Balaban J connectivity index is 1.85. The zero-order valence-electron chi connectivity index (χ0n) is 40.7. The average Bonchev–Trinajstić information content (AvgIpc) is 3.69. The van der Waals surface area contributed by atoms with Crippen LogP contribution in [0.2, 0.25) is 78.6 Å². The highest BCUT2D eigenvalue weighted by Crippen LogP contribution is 2.34. The van der Waals surface area contributed by atoms with E-state index in [0.29, 0.717) is 6.42 Å². The average molecular weight is 886 g/mol. The van der Waals surface area contributed by atoms with Crippen LogP contribution >= 0.6 is 0 Å². The summed E-state index contributed by atoms with van der Waals surface area (Å²) in [5, 5.41) is 0. The van der Waals surface area contributed by atoms with E-state index in [-0.39, 0.29) is 48.7 Å². The van der Waals surface area contributed by atoms with Gasteiger partial charge < -0.3 is 27.2 Å². The SMILES string of the molecule is CCCCCCCCCCCC[C@H](O[Si](C)(C)C)[C@@H]1CC[C@@H]([C@H](CCCCCCCC(CC[C@H](CC2=C[C@H](C)OC2=O)O[Si](C)(C)C)O[Si](C)(C)C)O[Si](C)(C)C)O1. The molecule has 0 aromatic rings. The van der Waals surface area contributed by atoms with Crippen LogP contribution in [0.4, 0.5) is 0 Å². The third-order valence-corrected chi connectivity index (χ3v) is 15.2. The second-order valence-corrected chi connectivity index (χ2v) is 39.8. The first-order chi connectivity index (χ1) is 27.0. The largest absolute Gasteiger partial charge is 0.455 e. The van der Waals surface area contributed by atoms with Crippen molar-refractivity contribution in [3.05, 3.63) is 11.6 Å². The number of carbonyl (C=O) groups excluding carboxylic acids is 1. The first-order valence-electron chi connectivity index (χ1n) is 24.3. The summed E-state index contributed by atoms with van der Waals surface area (Å²) < 4.78 is 39.4. The molecule has 0 amide bonds. The van der Waals surface area contributed by atoms with Crippen LogP contribution in [-0.4, -0.2) is 82.0 Å². The van der Waals surface area contributed by atoms with Crippen molar-refractivity contribution >= 4 is 39.2 Å². The fourth-order valence-electron chi connectivity index (χ4n) is 8.73. The summed E-state index contributed by atoms with van der Waals surface area (Å²) in [7, 11) is -6.92. The molecule has 342 valence electrons. The smallest absolute Gasteiger partial charge is 0.334 e. The molecule has 2 aliphatic rings. The highest BCUT2D eigenvalue weighted by molar-refractivity contribution is 6.70. The van der Waals surface area contributed by atoms with Crippen LogP contribution in [-0.2, 0) is 32.0 Å². The van der Waals surface area contributed by atoms with E-state index in [2.05, 4.69) is 85.5 Å². The fraction of sp³-hybridized carbons (Fsp3) is 0.936. The maximum absolute atomic E-state index is 12.4. The van der Waals surface area contributed by atoms with Crippen molar-refractivity contribution in [2.75, 3.05) is 0 Å². The summed E-state index contributed by atoms with van der Waals surface area (Å²) in [5.74, 6) is -0.180. The normalized spacial score (nSPS) is 21.6. The quantitative estimate of drug-likeness (QED) is 0.0362. The van der Waals surface area contributed by atoms with Crippen molar-refractivity contribution in [2.24, 2.45) is 0 Å². The predicted molar refractivity (Wildman–Crippen MR) is 257 cm³/mol. The lowest BCUT2D eigenvalue weighted by atomic mass is 9.99. The minimum absolute atomic E-state index is 0.0252. The molecule has 2 heterocycles. The summed E-state index contributed by atoms with van der Waals surface area (Å²) in [5.41, 5.74) is 0.773. The van der Waals surface area contributed by atoms with E-state index < -0.39 is 33.3 Å². The highest BCUT2D eigenvalue weighted by Gasteiger charge is 2.39. The lowest BCUT2D eigenvalue weighted by Crippen LogP contribution is -2.42. The molecule has 1 saturated heterocycles. The first kappa shape index (κ1) is 54.0. The van der Waals surface area contributed by atoms with Crippen LogP contribution < -0.4 is 0 Å². The number of hydrogen-bond acceptors (Lipinski definition) is 7. The number of esters is 1. The monoisotopic (exact) mass is 885 g/mol. The van der Waals surface area contributed by atoms with Gasteiger partial charge in [0.2, 0.25) is 0 Å². The molecule has 0 radical (unpaired) electrons. The van der Waals surface area contributed by atoms with E-state index >= 15 is 0 Å². The zero-order valence-corrected chi connectivity index (χ0v) is 44.7. The van der Waals surface area contributed by atoms with Crippen molar-refractivity contribution in [1.82, 2.24) is 0 Å². The second kappa shape index (κ2) is 27.1. The van der Waals surface area contributed by atoms with Gasteiger partial charge in [-0.25, -0.2) is 4.79 Å². The van der Waals surface area contributed by atoms with E-state index in [4.69, 9.17) is 27.2 Å². The summed E-state index contributed by atoms with van der Waals surface area (Å²) in [6.07, 6.45) is 30.6. The van der Waals surface area contributed by atoms with Crippen LogP contribution in [0.3, 0.4) is 0 Å². The molecule has 1 fully saturated rings. The van der Waals surface area contributed by atoms with Gasteiger partial charge in [0.25, 0.3) is 0 Å². The molecule has 0 aromatic carbocycles. The van der Waals surface area contributed by atoms with Crippen molar-refractivity contribution in [3.8, 4) is 0 Å². The van der Waals surface area contributed by atoms with Gasteiger partial charge >= 0.3 is 5.97 Å². The van der Waals surface area contributed by atoms with Gasteiger partial charge in [-0.15, -0.1) is 0 Å². The van der Waals surface area contributed by atoms with Gasteiger partial charge in [-0.3, -0.25) is 0 Å². The van der Waals surface area contributed by atoms with Crippen molar-refractivity contribution in [3.63, 3.8) is 0 Å². The number of rotatable bonds is 34. The fourth-order valence-corrected chi connectivity index (χ4v) is 13.5. The third kappa shape index (κ3) is 26.4. The van der Waals surface area contributed by atoms with Crippen molar-refractivity contribution in [1.29, 1.82) is 0 Å². The van der Waals surface area contributed by atoms with Crippen LogP contribution in [0, 0.1) is 0 Å². The molecule has 7 atom stereocenters. The number of ether oxygens (including phenoxy) is 2. The zero-order chi connectivity index (χ0) is 43.4. The standard InChI is InChI=1S/C47H96O7Si4/c1-15-16-17-18-19-20-21-22-25-28-31-45(53-57(9,10)11)43-35-36-44(50-43)46(54-58(12,13)14)32-29-26-23-24-27-30-41(51-55(3,4)5)33-34-42(52-56(6,7)8)38-40-37-39(2)49-47(40)48/h37,39,41-46H,15-36,38H2,1-14H3/t39-,41?,42+,43-,44-,45-,46-/m0/s1. The maximum atomic E-state index is 12.4. The van der Waals surface area contributed by atoms with Gasteiger partial charge in [0, 0.05) is 24.2 Å². The second-order valence-electron chi connectivity index (χ2n) is 21.9. The molecule has 0 aromatic heterocycles. The molecule has 0 saturated carbocycles. The Morgan fingerprint density at radius 2 is 0.914 bits per heavy atom. The third-order valence-electron chi connectivity index (χ3n) is 11.1. The summed E-state index contributed by atoms with van der Waals surface area (Å²) >= 11 is 0. The molecule has 0 bridgehead atoms. The Kier molecular flexibility index (Phi) is 25.3.